The minimum atomic E-state index is -0.654. The SMILES string of the molecule is CC(C)(C)OC(=O)NC1CCN(Cc2ccn3ncnc(Nc4ccc(OCc5cccc(F)c5)c(C(N)=O)c4)c23)CC1. The fraction of sp³-hybridized carbons (Fsp3) is 0.355. The Balaban J connectivity index is 1.26. The minimum Gasteiger partial charge on any atom is -0.488 e. The molecule has 1 aliphatic heterocycles. The first-order valence-electron chi connectivity index (χ1n) is 14.2. The number of nitrogens with zero attached hydrogens (tertiary/aromatic N) is 4. The highest BCUT2D eigenvalue weighted by Gasteiger charge is 2.24. The largest absolute Gasteiger partial charge is 0.488 e. The number of alkyl carbamates (subject to hydrolysis) is 1. The normalized spacial score (nSPS) is 14.4. The van der Waals surface area contributed by atoms with Crippen LogP contribution in [-0.4, -0.2) is 56.2 Å². The summed E-state index contributed by atoms with van der Waals surface area (Å²) in [6.07, 6.45) is 4.58. The highest BCUT2D eigenvalue weighted by Crippen LogP contribution is 2.29. The van der Waals surface area contributed by atoms with E-state index in [4.69, 9.17) is 15.2 Å². The number of hydrogen-bond donors (Lipinski definition) is 3. The minimum absolute atomic E-state index is 0.0673. The summed E-state index contributed by atoms with van der Waals surface area (Å²) in [7, 11) is 0. The van der Waals surface area contributed by atoms with Crippen LogP contribution in [-0.2, 0) is 17.9 Å². The molecule has 5 rings (SSSR count). The molecule has 11 nitrogen and oxygen atoms in total. The smallest absolute Gasteiger partial charge is 0.407 e. The Bertz CT molecular complexity index is 1610. The third kappa shape index (κ3) is 7.77. The van der Waals surface area contributed by atoms with Crippen LogP contribution < -0.4 is 21.1 Å². The van der Waals surface area contributed by atoms with E-state index < -0.39 is 11.5 Å². The van der Waals surface area contributed by atoms with Crippen LogP contribution in [0.5, 0.6) is 5.75 Å². The summed E-state index contributed by atoms with van der Waals surface area (Å²) in [4.78, 5) is 31.2. The average molecular weight is 590 g/mol. The molecule has 0 aliphatic carbocycles. The number of nitrogens with one attached hydrogen (secondary N) is 2. The van der Waals surface area contributed by atoms with Crippen LogP contribution in [0.1, 0.15) is 55.1 Å². The lowest BCUT2D eigenvalue weighted by Crippen LogP contribution is -2.45. The van der Waals surface area contributed by atoms with Crippen LogP contribution in [0, 0.1) is 5.82 Å². The van der Waals surface area contributed by atoms with Gasteiger partial charge in [-0.3, -0.25) is 9.69 Å². The Hall–Kier alpha value is -4.71. The molecule has 2 amide bonds. The molecule has 1 fully saturated rings. The second kappa shape index (κ2) is 12.7. The molecule has 12 heteroatoms. The fourth-order valence-electron chi connectivity index (χ4n) is 5.04. The molecule has 226 valence electrons. The van der Waals surface area contributed by atoms with Crippen LogP contribution in [0.4, 0.5) is 20.7 Å². The highest BCUT2D eigenvalue weighted by atomic mass is 19.1. The van der Waals surface area contributed by atoms with Crippen molar-refractivity contribution in [2.75, 3.05) is 18.4 Å². The predicted octanol–water partition coefficient (Wildman–Crippen LogP) is 4.78. The molecule has 43 heavy (non-hydrogen) atoms. The van der Waals surface area contributed by atoms with Crippen LogP contribution in [0.15, 0.2) is 61.1 Å². The second-order valence-electron chi connectivity index (χ2n) is 11.6. The number of piperidine rings is 1. The lowest BCUT2D eigenvalue weighted by molar-refractivity contribution is 0.0477. The summed E-state index contributed by atoms with van der Waals surface area (Å²) in [5.74, 6) is -0.154. The standard InChI is InChI=1S/C31H36FN7O4/c1-31(2,3)43-30(41)37-23-10-12-38(13-11-23)17-21-9-14-39-27(21)29(34-19-35-39)36-24-7-8-26(25(16-24)28(33)40)42-18-20-5-4-6-22(32)15-20/h4-9,14-16,19,23H,10-13,17-18H2,1-3H3,(H2,33,40)(H,37,41)(H,34,35,36). The van der Waals surface area contributed by atoms with E-state index in [0.717, 1.165) is 37.0 Å². The molecule has 1 aliphatic rings. The number of primary amides is 1. The van der Waals surface area contributed by atoms with Crippen molar-refractivity contribution in [1.29, 1.82) is 0 Å². The number of carbonyl (C=O) groups is 2. The van der Waals surface area contributed by atoms with Crippen LogP contribution in [0.2, 0.25) is 0 Å². The molecule has 0 spiro atoms. The van der Waals surface area contributed by atoms with Crippen molar-refractivity contribution in [3.05, 3.63) is 83.6 Å². The van der Waals surface area contributed by atoms with E-state index in [0.29, 0.717) is 29.4 Å². The number of aromatic nitrogens is 3. The maximum absolute atomic E-state index is 13.5. The number of amides is 2. The number of benzene rings is 2. The zero-order valence-corrected chi connectivity index (χ0v) is 24.5. The lowest BCUT2D eigenvalue weighted by Gasteiger charge is -2.32. The first-order chi connectivity index (χ1) is 20.5. The molecule has 2 aromatic heterocycles. The third-order valence-corrected chi connectivity index (χ3v) is 7.03. The molecular formula is C31H36FN7O4. The Morgan fingerprint density at radius 2 is 1.91 bits per heavy atom. The van der Waals surface area contributed by atoms with Crippen molar-refractivity contribution in [2.24, 2.45) is 5.73 Å². The van der Waals surface area contributed by atoms with Gasteiger partial charge in [0.25, 0.3) is 5.91 Å². The molecule has 3 heterocycles. The summed E-state index contributed by atoms with van der Waals surface area (Å²) in [6, 6.07) is 13.2. The average Bonchev–Trinajstić information content (AvgIpc) is 3.36. The molecule has 0 atom stereocenters. The maximum atomic E-state index is 13.5. The topological polar surface area (TPSA) is 136 Å². The third-order valence-electron chi connectivity index (χ3n) is 7.03. The van der Waals surface area contributed by atoms with Gasteiger partial charge in [0.05, 0.1) is 5.56 Å². The van der Waals surface area contributed by atoms with Gasteiger partial charge >= 0.3 is 6.09 Å². The molecule has 0 saturated carbocycles. The number of fused-ring (bicyclic) bond motifs is 1. The van der Waals surface area contributed by atoms with Gasteiger partial charge in [-0.25, -0.2) is 18.7 Å². The Morgan fingerprint density at radius 3 is 2.63 bits per heavy atom. The number of likely N-dealkylation sites (tertiary alicyclic amines) is 1. The van der Waals surface area contributed by atoms with Crippen molar-refractivity contribution in [2.45, 2.75) is 58.4 Å². The summed E-state index contributed by atoms with van der Waals surface area (Å²) in [6.45, 7) is 7.93. The fourth-order valence-corrected chi connectivity index (χ4v) is 5.04. The Labute approximate surface area is 249 Å². The Kier molecular flexibility index (Phi) is 8.76. The van der Waals surface area contributed by atoms with E-state index in [9.17, 15) is 14.0 Å². The van der Waals surface area contributed by atoms with Gasteiger partial charge in [0.1, 0.15) is 35.6 Å². The summed E-state index contributed by atoms with van der Waals surface area (Å²) < 4.78 is 26.5. The number of hydrogen-bond acceptors (Lipinski definition) is 8. The summed E-state index contributed by atoms with van der Waals surface area (Å²) in [5.41, 5.74) is 8.38. The van der Waals surface area contributed by atoms with E-state index in [1.165, 1.54) is 18.5 Å². The quantitative estimate of drug-likeness (QED) is 0.254. The van der Waals surface area contributed by atoms with Crippen molar-refractivity contribution in [3.8, 4) is 5.75 Å². The first kappa shape index (κ1) is 29.8. The maximum Gasteiger partial charge on any atom is 0.407 e. The molecule has 2 aromatic carbocycles. The van der Waals surface area contributed by atoms with Crippen LogP contribution in [0.3, 0.4) is 0 Å². The Morgan fingerprint density at radius 1 is 1.12 bits per heavy atom. The van der Waals surface area contributed by atoms with Crippen molar-refractivity contribution < 1.29 is 23.5 Å². The van der Waals surface area contributed by atoms with Crippen LogP contribution >= 0.6 is 0 Å². The number of anilines is 2. The van der Waals surface area contributed by atoms with Gasteiger partial charge in [-0.1, -0.05) is 12.1 Å². The van der Waals surface area contributed by atoms with Gasteiger partial charge in [-0.05, 0) is 81.1 Å². The van der Waals surface area contributed by atoms with Crippen molar-refractivity contribution >= 4 is 29.0 Å². The van der Waals surface area contributed by atoms with E-state index in [1.54, 1.807) is 34.8 Å². The number of carbonyl (C=O) groups excluding carboxylic acids is 2. The molecule has 0 bridgehead atoms. The number of halogens is 1. The zero-order valence-electron chi connectivity index (χ0n) is 24.5. The monoisotopic (exact) mass is 589 g/mol. The second-order valence-corrected chi connectivity index (χ2v) is 11.6. The number of nitrogens with two attached hydrogens (primary N) is 1. The predicted molar refractivity (Wildman–Crippen MR) is 160 cm³/mol. The van der Waals surface area contributed by atoms with Gasteiger partial charge < -0.3 is 25.8 Å². The van der Waals surface area contributed by atoms with Gasteiger partial charge in [0.2, 0.25) is 0 Å². The lowest BCUT2D eigenvalue weighted by atomic mass is 10.0. The zero-order chi connectivity index (χ0) is 30.6. The van der Waals surface area contributed by atoms with E-state index >= 15 is 0 Å². The van der Waals surface area contributed by atoms with Crippen molar-refractivity contribution in [1.82, 2.24) is 24.8 Å². The summed E-state index contributed by atoms with van der Waals surface area (Å²) in [5, 5.41) is 10.6. The molecular weight excluding hydrogens is 553 g/mol. The van der Waals surface area contributed by atoms with E-state index in [2.05, 4.69) is 25.6 Å². The van der Waals surface area contributed by atoms with E-state index in [1.807, 2.05) is 33.0 Å². The number of ether oxygens (including phenoxy) is 2. The van der Waals surface area contributed by atoms with Gasteiger partial charge in [0, 0.05) is 37.6 Å². The van der Waals surface area contributed by atoms with Gasteiger partial charge in [-0.2, -0.15) is 5.10 Å². The summed E-state index contributed by atoms with van der Waals surface area (Å²) >= 11 is 0. The van der Waals surface area contributed by atoms with Gasteiger partial charge in [0.15, 0.2) is 5.82 Å². The molecule has 0 radical (unpaired) electrons. The van der Waals surface area contributed by atoms with Crippen LogP contribution in [0.25, 0.3) is 5.52 Å². The molecule has 4 N–H and O–H groups in total. The molecule has 0 unspecified atom stereocenters. The highest BCUT2D eigenvalue weighted by molar-refractivity contribution is 5.97. The molecule has 4 aromatic rings. The first-order valence-corrected chi connectivity index (χ1v) is 14.2. The van der Waals surface area contributed by atoms with Crippen molar-refractivity contribution in [3.63, 3.8) is 0 Å². The van der Waals surface area contributed by atoms with E-state index in [-0.39, 0.29) is 30.1 Å². The number of rotatable bonds is 9. The molecule has 1 saturated heterocycles. The van der Waals surface area contributed by atoms with Gasteiger partial charge in [-0.15, -0.1) is 0 Å².